The fourth-order valence-electron chi connectivity index (χ4n) is 1.61. The van der Waals surface area contributed by atoms with Crippen LogP contribution in [0.15, 0.2) is 30.3 Å². The van der Waals surface area contributed by atoms with Crippen molar-refractivity contribution in [3.63, 3.8) is 0 Å². The molecule has 3 heteroatoms. The average Bonchev–Trinajstić information content (AvgIpc) is 2.99. The van der Waals surface area contributed by atoms with E-state index < -0.39 is 5.97 Å². The molecule has 0 unspecified atom stereocenters. The Balaban J connectivity index is 2.32. The smallest absolute Gasteiger partial charge is 0.328 e. The van der Waals surface area contributed by atoms with Gasteiger partial charge in [-0.2, -0.15) is 0 Å². The zero-order chi connectivity index (χ0) is 10.8. The van der Waals surface area contributed by atoms with E-state index in [1.165, 1.54) is 6.08 Å². The van der Waals surface area contributed by atoms with Gasteiger partial charge in [-0.05, 0) is 42.0 Å². The minimum atomic E-state index is -0.883. The highest BCUT2D eigenvalue weighted by Crippen LogP contribution is 2.41. The lowest BCUT2D eigenvalue weighted by molar-refractivity contribution is -0.131. The Labute approximate surface area is 93.2 Å². The second kappa shape index (κ2) is 4.07. The Morgan fingerprint density at radius 1 is 1.33 bits per heavy atom. The van der Waals surface area contributed by atoms with Gasteiger partial charge in [0.15, 0.2) is 0 Å². The molecule has 1 saturated carbocycles. The van der Waals surface area contributed by atoms with E-state index in [4.69, 9.17) is 16.7 Å². The zero-order valence-corrected chi connectivity index (χ0v) is 8.87. The number of aliphatic carboxylic acids is 1. The van der Waals surface area contributed by atoms with Crippen molar-refractivity contribution < 1.29 is 9.90 Å². The fourth-order valence-corrected chi connectivity index (χ4v) is 1.73. The quantitative estimate of drug-likeness (QED) is 0.798. The van der Waals surface area contributed by atoms with Crippen LogP contribution in [0.3, 0.4) is 0 Å². The van der Waals surface area contributed by atoms with Crippen molar-refractivity contribution >= 4 is 23.1 Å². The predicted molar refractivity (Wildman–Crippen MR) is 59.8 cm³/mol. The summed E-state index contributed by atoms with van der Waals surface area (Å²) in [5.41, 5.74) is 1.88. The molecule has 1 aromatic rings. The van der Waals surface area contributed by atoms with Crippen molar-refractivity contribution in [3.8, 4) is 0 Å². The van der Waals surface area contributed by atoms with Gasteiger partial charge in [-0.15, -0.1) is 0 Å². The molecular formula is C12H11ClO2. The second-order valence-electron chi connectivity index (χ2n) is 3.72. The van der Waals surface area contributed by atoms with Gasteiger partial charge in [0.25, 0.3) is 0 Å². The summed E-state index contributed by atoms with van der Waals surface area (Å²) < 4.78 is 0. The summed E-state index contributed by atoms with van der Waals surface area (Å²) in [5.74, 6) is -0.464. The summed E-state index contributed by atoms with van der Waals surface area (Å²) in [4.78, 5) is 10.7. The Morgan fingerprint density at radius 3 is 2.40 bits per heavy atom. The Kier molecular flexibility index (Phi) is 2.78. The van der Waals surface area contributed by atoms with E-state index in [-0.39, 0.29) is 0 Å². The van der Waals surface area contributed by atoms with Crippen molar-refractivity contribution in [1.29, 1.82) is 0 Å². The predicted octanol–water partition coefficient (Wildman–Crippen LogP) is 3.22. The Bertz CT molecular complexity index is 402. The number of halogens is 1. The maximum Gasteiger partial charge on any atom is 0.328 e. The monoisotopic (exact) mass is 222 g/mol. The molecule has 15 heavy (non-hydrogen) atoms. The zero-order valence-electron chi connectivity index (χ0n) is 8.11. The topological polar surface area (TPSA) is 37.3 Å². The van der Waals surface area contributed by atoms with Crippen LogP contribution in [0.1, 0.15) is 18.4 Å². The second-order valence-corrected chi connectivity index (χ2v) is 4.16. The molecule has 1 fully saturated rings. The molecule has 0 aromatic heterocycles. The minimum Gasteiger partial charge on any atom is -0.478 e. The first-order valence-electron chi connectivity index (χ1n) is 4.87. The summed E-state index contributed by atoms with van der Waals surface area (Å²) in [6, 6.07) is 7.31. The van der Waals surface area contributed by atoms with Crippen LogP contribution in [0.25, 0.3) is 5.57 Å². The number of carbonyl (C=O) groups is 1. The van der Waals surface area contributed by atoms with Gasteiger partial charge in [-0.1, -0.05) is 23.7 Å². The van der Waals surface area contributed by atoms with Crippen LogP contribution in [0.5, 0.6) is 0 Å². The van der Waals surface area contributed by atoms with Gasteiger partial charge < -0.3 is 5.11 Å². The van der Waals surface area contributed by atoms with Crippen molar-refractivity contribution in [1.82, 2.24) is 0 Å². The van der Waals surface area contributed by atoms with Crippen LogP contribution in [0.4, 0.5) is 0 Å². The SMILES string of the molecule is O=C(O)C=C(c1ccc(Cl)cc1)C1CC1. The van der Waals surface area contributed by atoms with Gasteiger partial charge in [-0.3, -0.25) is 0 Å². The summed E-state index contributed by atoms with van der Waals surface area (Å²) in [5, 5.41) is 9.44. The lowest BCUT2D eigenvalue weighted by Gasteiger charge is -2.05. The average molecular weight is 223 g/mol. The third-order valence-electron chi connectivity index (χ3n) is 2.47. The fraction of sp³-hybridized carbons (Fsp3) is 0.250. The molecule has 0 saturated heterocycles. The van der Waals surface area contributed by atoms with E-state index >= 15 is 0 Å². The van der Waals surface area contributed by atoms with E-state index in [1.54, 1.807) is 12.1 Å². The molecule has 0 heterocycles. The molecule has 2 rings (SSSR count). The molecule has 2 nitrogen and oxygen atoms in total. The van der Waals surface area contributed by atoms with Crippen LogP contribution < -0.4 is 0 Å². The van der Waals surface area contributed by atoms with Gasteiger partial charge in [0.05, 0.1) is 0 Å². The van der Waals surface area contributed by atoms with Gasteiger partial charge >= 0.3 is 5.97 Å². The molecule has 1 N–H and O–H groups in total. The normalized spacial score (nSPS) is 16.5. The molecule has 1 aliphatic rings. The molecule has 1 aliphatic carbocycles. The van der Waals surface area contributed by atoms with Crippen molar-refractivity contribution in [3.05, 3.63) is 40.9 Å². The van der Waals surface area contributed by atoms with Gasteiger partial charge in [0.2, 0.25) is 0 Å². The largest absolute Gasteiger partial charge is 0.478 e. The number of allylic oxidation sites excluding steroid dienone is 1. The molecule has 1 aromatic carbocycles. The number of hydrogen-bond acceptors (Lipinski definition) is 1. The number of benzene rings is 1. The highest BCUT2D eigenvalue weighted by Gasteiger charge is 2.27. The van der Waals surface area contributed by atoms with E-state index in [9.17, 15) is 4.79 Å². The van der Waals surface area contributed by atoms with Crippen molar-refractivity contribution in [2.45, 2.75) is 12.8 Å². The molecular weight excluding hydrogens is 212 g/mol. The Morgan fingerprint density at radius 2 is 1.93 bits per heavy atom. The van der Waals surface area contributed by atoms with Gasteiger partial charge in [0.1, 0.15) is 0 Å². The molecule has 0 bridgehead atoms. The van der Waals surface area contributed by atoms with Crippen LogP contribution in [-0.2, 0) is 4.79 Å². The molecule has 0 amide bonds. The lowest BCUT2D eigenvalue weighted by Crippen LogP contribution is -1.94. The Hall–Kier alpha value is -1.28. The van der Waals surface area contributed by atoms with E-state index in [2.05, 4.69) is 0 Å². The maximum absolute atomic E-state index is 10.7. The third kappa shape index (κ3) is 2.60. The van der Waals surface area contributed by atoms with Gasteiger partial charge in [0, 0.05) is 11.1 Å². The van der Waals surface area contributed by atoms with E-state index in [0.29, 0.717) is 10.9 Å². The first-order chi connectivity index (χ1) is 7.16. The molecule has 78 valence electrons. The van der Waals surface area contributed by atoms with Gasteiger partial charge in [-0.25, -0.2) is 4.79 Å². The molecule has 0 radical (unpaired) electrons. The summed E-state index contributed by atoms with van der Waals surface area (Å²) in [6.07, 6.45) is 3.48. The first-order valence-corrected chi connectivity index (χ1v) is 5.25. The van der Waals surface area contributed by atoms with E-state index in [0.717, 1.165) is 24.0 Å². The third-order valence-corrected chi connectivity index (χ3v) is 2.73. The highest BCUT2D eigenvalue weighted by molar-refractivity contribution is 6.30. The first kappa shape index (κ1) is 10.2. The number of rotatable bonds is 3. The molecule has 0 aliphatic heterocycles. The number of carboxylic acids is 1. The van der Waals surface area contributed by atoms with Crippen LogP contribution in [-0.4, -0.2) is 11.1 Å². The lowest BCUT2D eigenvalue weighted by atomic mass is 10.0. The minimum absolute atomic E-state index is 0.419. The highest BCUT2D eigenvalue weighted by atomic mass is 35.5. The van der Waals surface area contributed by atoms with Crippen molar-refractivity contribution in [2.24, 2.45) is 5.92 Å². The summed E-state index contributed by atoms with van der Waals surface area (Å²) in [6.45, 7) is 0. The molecule has 0 spiro atoms. The van der Waals surface area contributed by atoms with Crippen molar-refractivity contribution in [2.75, 3.05) is 0 Å². The number of carboxylic acid groups (broad SMARTS) is 1. The summed E-state index contributed by atoms with van der Waals surface area (Å²) >= 11 is 5.78. The standard InChI is InChI=1S/C12H11ClO2/c13-10-5-3-9(4-6-10)11(7-12(14)15)8-1-2-8/h3-8H,1-2H2,(H,14,15). The van der Waals surface area contributed by atoms with Crippen LogP contribution in [0.2, 0.25) is 5.02 Å². The molecule has 0 atom stereocenters. The maximum atomic E-state index is 10.7. The number of hydrogen-bond donors (Lipinski definition) is 1. The van der Waals surface area contributed by atoms with Crippen LogP contribution in [0, 0.1) is 5.92 Å². The summed E-state index contributed by atoms with van der Waals surface area (Å²) in [7, 11) is 0. The van der Waals surface area contributed by atoms with E-state index in [1.807, 2.05) is 12.1 Å². The van der Waals surface area contributed by atoms with Crippen LogP contribution >= 0.6 is 11.6 Å².